The Kier molecular flexibility index (Phi) is 6.75. The van der Waals surface area contributed by atoms with Crippen LogP contribution in [0, 0.1) is 0 Å². The van der Waals surface area contributed by atoms with Crippen molar-refractivity contribution < 1.29 is 23.1 Å². The van der Waals surface area contributed by atoms with Crippen molar-refractivity contribution >= 4 is 32.5 Å². The molecule has 0 amide bonds. The number of anilines is 1. The standard InChI is InChI=1S/C27H23N5O5S/c1-2-37-22-10-6-7-11-24(22)38(35,36)23-12-13-28-14-18(23)15-29-25-20-17-31-32(19-8-4-3-5-9-19)26(20)30-16-21(25)27(33)34/h3-14,16-17H,2,15H2,1H3,(H,29,30)(H,33,34). The molecule has 0 spiro atoms. The van der Waals surface area contributed by atoms with Gasteiger partial charge in [0.25, 0.3) is 0 Å². The van der Waals surface area contributed by atoms with Crippen LogP contribution >= 0.6 is 0 Å². The van der Waals surface area contributed by atoms with Crippen molar-refractivity contribution in [3.05, 3.63) is 96.6 Å². The molecular weight excluding hydrogens is 506 g/mol. The molecular formula is C27H23N5O5S. The summed E-state index contributed by atoms with van der Waals surface area (Å²) in [4.78, 5) is 20.6. The number of hydrogen-bond donors (Lipinski definition) is 2. The molecule has 38 heavy (non-hydrogen) atoms. The Bertz CT molecular complexity index is 1740. The first kappa shape index (κ1) is 24.9. The first-order chi connectivity index (χ1) is 18.4. The summed E-state index contributed by atoms with van der Waals surface area (Å²) in [5.41, 5.74) is 1.77. The minimum atomic E-state index is -3.98. The van der Waals surface area contributed by atoms with Crippen molar-refractivity contribution in [3.8, 4) is 11.4 Å². The minimum absolute atomic E-state index is 0.0187. The number of pyridine rings is 2. The van der Waals surface area contributed by atoms with Gasteiger partial charge in [-0.25, -0.2) is 22.9 Å². The van der Waals surface area contributed by atoms with Crippen LogP contribution in [0.4, 0.5) is 5.69 Å². The fourth-order valence-electron chi connectivity index (χ4n) is 4.15. The Hall–Kier alpha value is -4.77. The van der Waals surface area contributed by atoms with Gasteiger partial charge in [0, 0.05) is 30.7 Å². The maximum atomic E-state index is 13.7. The smallest absolute Gasteiger partial charge is 0.339 e. The number of aromatic carboxylic acids is 1. The number of carbonyl (C=O) groups is 1. The van der Waals surface area contributed by atoms with E-state index in [0.29, 0.717) is 23.2 Å². The van der Waals surface area contributed by atoms with Gasteiger partial charge in [-0.1, -0.05) is 30.3 Å². The maximum absolute atomic E-state index is 13.7. The molecule has 0 saturated carbocycles. The SMILES string of the molecule is CCOc1ccccc1S(=O)(=O)c1ccncc1CNc1c(C(=O)O)cnc2c1cnn2-c1ccccc1. The van der Waals surface area contributed by atoms with E-state index in [0.717, 1.165) is 5.69 Å². The number of nitrogens with zero attached hydrogens (tertiary/aromatic N) is 4. The van der Waals surface area contributed by atoms with Gasteiger partial charge in [-0.05, 0) is 37.3 Å². The number of ether oxygens (including phenoxy) is 1. The Morgan fingerprint density at radius 1 is 1.00 bits per heavy atom. The Balaban J connectivity index is 1.55. The second kappa shape index (κ2) is 10.3. The summed E-state index contributed by atoms with van der Waals surface area (Å²) in [6, 6.07) is 17.2. The highest BCUT2D eigenvalue weighted by molar-refractivity contribution is 7.91. The highest BCUT2D eigenvalue weighted by Crippen LogP contribution is 2.32. The van der Waals surface area contributed by atoms with Gasteiger partial charge >= 0.3 is 5.97 Å². The van der Waals surface area contributed by atoms with E-state index in [2.05, 4.69) is 20.4 Å². The van der Waals surface area contributed by atoms with Crippen LogP contribution in [0.3, 0.4) is 0 Å². The van der Waals surface area contributed by atoms with Gasteiger partial charge in [-0.2, -0.15) is 5.10 Å². The molecule has 0 saturated heterocycles. The fourth-order valence-corrected chi connectivity index (χ4v) is 5.74. The van der Waals surface area contributed by atoms with Crippen LogP contribution in [0.25, 0.3) is 16.7 Å². The first-order valence-electron chi connectivity index (χ1n) is 11.7. The Morgan fingerprint density at radius 2 is 1.76 bits per heavy atom. The first-order valence-corrected chi connectivity index (χ1v) is 13.2. The predicted molar refractivity (Wildman–Crippen MR) is 140 cm³/mol. The largest absolute Gasteiger partial charge is 0.493 e. The zero-order valence-corrected chi connectivity index (χ0v) is 21.1. The lowest BCUT2D eigenvalue weighted by Gasteiger charge is -2.15. The van der Waals surface area contributed by atoms with E-state index in [1.807, 2.05) is 30.3 Å². The van der Waals surface area contributed by atoms with Gasteiger partial charge in [0.15, 0.2) is 5.65 Å². The van der Waals surface area contributed by atoms with Crippen LogP contribution in [0.15, 0.2) is 95.2 Å². The quantitative estimate of drug-likeness (QED) is 0.285. The predicted octanol–water partition coefficient (Wildman–Crippen LogP) is 4.36. The van der Waals surface area contributed by atoms with E-state index in [1.165, 1.54) is 36.9 Å². The number of hydrogen-bond acceptors (Lipinski definition) is 8. The number of benzene rings is 2. The summed E-state index contributed by atoms with van der Waals surface area (Å²) in [6.07, 6.45) is 5.63. The van der Waals surface area contributed by atoms with E-state index in [-0.39, 0.29) is 33.3 Å². The lowest BCUT2D eigenvalue weighted by atomic mass is 10.1. The van der Waals surface area contributed by atoms with Crippen LogP contribution in [0.1, 0.15) is 22.8 Å². The maximum Gasteiger partial charge on any atom is 0.339 e. The van der Waals surface area contributed by atoms with Gasteiger partial charge in [-0.15, -0.1) is 0 Å². The molecule has 0 aliphatic heterocycles. The van der Waals surface area contributed by atoms with E-state index in [4.69, 9.17) is 4.74 Å². The molecule has 5 aromatic rings. The molecule has 11 heteroatoms. The van der Waals surface area contributed by atoms with Crippen molar-refractivity contribution in [2.45, 2.75) is 23.3 Å². The van der Waals surface area contributed by atoms with Crippen LogP contribution in [0.2, 0.25) is 0 Å². The summed E-state index contributed by atoms with van der Waals surface area (Å²) >= 11 is 0. The number of sulfone groups is 1. The molecule has 2 aromatic carbocycles. The summed E-state index contributed by atoms with van der Waals surface area (Å²) in [7, 11) is -3.98. The van der Waals surface area contributed by atoms with E-state index >= 15 is 0 Å². The molecule has 0 unspecified atom stereocenters. The van der Waals surface area contributed by atoms with Crippen LogP contribution in [0.5, 0.6) is 5.75 Å². The van der Waals surface area contributed by atoms with Crippen LogP contribution < -0.4 is 10.1 Å². The zero-order valence-electron chi connectivity index (χ0n) is 20.3. The van der Waals surface area contributed by atoms with Crippen LogP contribution in [-0.4, -0.2) is 45.8 Å². The number of para-hydroxylation sites is 2. The van der Waals surface area contributed by atoms with Crippen molar-refractivity contribution in [3.63, 3.8) is 0 Å². The molecule has 192 valence electrons. The Morgan fingerprint density at radius 3 is 2.53 bits per heavy atom. The molecule has 3 heterocycles. The lowest BCUT2D eigenvalue weighted by molar-refractivity contribution is 0.0697. The number of carboxylic acids is 1. The molecule has 3 aromatic heterocycles. The second-order valence-corrected chi connectivity index (χ2v) is 10.1. The molecule has 5 rings (SSSR count). The molecule has 10 nitrogen and oxygen atoms in total. The summed E-state index contributed by atoms with van der Waals surface area (Å²) in [5, 5.41) is 17.8. The van der Waals surface area contributed by atoms with Gasteiger partial charge in [-0.3, -0.25) is 4.98 Å². The second-order valence-electron chi connectivity index (χ2n) is 8.20. The molecule has 0 fully saturated rings. The van der Waals surface area contributed by atoms with E-state index < -0.39 is 15.8 Å². The minimum Gasteiger partial charge on any atom is -0.493 e. The van der Waals surface area contributed by atoms with Gasteiger partial charge < -0.3 is 15.2 Å². The topological polar surface area (TPSA) is 136 Å². The molecule has 0 atom stereocenters. The van der Waals surface area contributed by atoms with Gasteiger partial charge in [0.2, 0.25) is 9.84 Å². The van der Waals surface area contributed by atoms with Crippen molar-refractivity contribution in [2.75, 3.05) is 11.9 Å². The normalized spacial score (nSPS) is 11.4. The number of rotatable bonds is 9. The monoisotopic (exact) mass is 529 g/mol. The van der Waals surface area contributed by atoms with Crippen molar-refractivity contribution in [2.24, 2.45) is 0 Å². The summed E-state index contributed by atoms with van der Waals surface area (Å²) in [6.45, 7) is 2.07. The van der Waals surface area contributed by atoms with E-state index in [1.54, 1.807) is 29.8 Å². The average molecular weight is 530 g/mol. The number of carboxylic acid groups (broad SMARTS) is 1. The molecule has 0 aliphatic rings. The number of aromatic nitrogens is 4. The number of fused-ring (bicyclic) bond motifs is 1. The molecule has 2 N–H and O–H groups in total. The fraction of sp³-hybridized carbons (Fsp3) is 0.111. The molecule has 0 bridgehead atoms. The van der Waals surface area contributed by atoms with E-state index in [9.17, 15) is 18.3 Å². The third-order valence-corrected chi connectivity index (χ3v) is 7.77. The third-order valence-electron chi connectivity index (χ3n) is 5.87. The van der Waals surface area contributed by atoms with Crippen molar-refractivity contribution in [1.82, 2.24) is 19.7 Å². The average Bonchev–Trinajstić information content (AvgIpc) is 3.37. The van der Waals surface area contributed by atoms with Gasteiger partial charge in [0.05, 0.1) is 34.5 Å². The van der Waals surface area contributed by atoms with Crippen molar-refractivity contribution in [1.29, 1.82) is 0 Å². The van der Waals surface area contributed by atoms with Crippen LogP contribution in [-0.2, 0) is 16.4 Å². The molecule has 0 radical (unpaired) electrons. The highest BCUT2D eigenvalue weighted by Gasteiger charge is 2.26. The third kappa shape index (κ3) is 4.55. The zero-order chi connectivity index (χ0) is 26.7. The highest BCUT2D eigenvalue weighted by atomic mass is 32.2. The lowest BCUT2D eigenvalue weighted by Crippen LogP contribution is -2.12. The number of nitrogens with one attached hydrogen (secondary N) is 1. The van der Waals surface area contributed by atoms with Gasteiger partial charge in [0.1, 0.15) is 16.2 Å². The molecule has 0 aliphatic carbocycles. The summed E-state index contributed by atoms with van der Waals surface area (Å²) < 4.78 is 34.5. The summed E-state index contributed by atoms with van der Waals surface area (Å²) in [5.74, 6) is -0.929. The Labute approximate surface area is 218 Å².